The summed E-state index contributed by atoms with van der Waals surface area (Å²) >= 11 is 1.34. The molecular weight excluding hydrogens is 398 g/mol. The van der Waals surface area contributed by atoms with Crippen LogP contribution < -0.4 is 5.32 Å². The van der Waals surface area contributed by atoms with Crippen LogP contribution in [-0.4, -0.2) is 31.4 Å². The number of para-hydroxylation sites is 1. The van der Waals surface area contributed by atoms with Gasteiger partial charge in [-0.15, -0.1) is 10.2 Å². The van der Waals surface area contributed by atoms with Gasteiger partial charge in [0.15, 0.2) is 11.0 Å². The van der Waals surface area contributed by atoms with Gasteiger partial charge in [0.05, 0.1) is 5.75 Å². The van der Waals surface area contributed by atoms with Gasteiger partial charge in [0.2, 0.25) is 5.91 Å². The predicted octanol–water partition coefficient (Wildman–Crippen LogP) is 4.51. The predicted molar refractivity (Wildman–Crippen MR) is 117 cm³/mol. The summed E-state index contributed by atoms with van der Waals surface area (Å²) in [7, 11) is 1.88. The van der Waals surface area contributed by atoms with Gasteiger partial charge in [0.25, 0.3) is 0 Å². The first-order valence-corrected chi connectivity index (χ1v) is 10.3. The number of furan rings is 1. The average Bonchev–Trinajstić information content (AvgIpc) is 3.33. The highest BCUT2D eigenvalue weighted by molar-refractivity contribution is 7.99. The van der Waals surface area contributed by atoms with E-state index < -0.39 is 0 Å². The molecule has 0 saturated carbocycles. The minimum atomic E-state index is -0.111. The van der Waals surface area contributed by atoms with E-state index in [0.717, 1.165) is 39.0 Å². The molecule has 0 saturated heterocycles. The van der Waals surface area contributed by atoms with Crippen molar-refractivity contribution in [1.82, 2.24) is 19.7 Å². The van der Waals surface area contributed by atoms with Crippen molar-refractivity contribution >= 4 is 45.3 Å². The largest absolute Gasteiger partial charge is 0.456 e. The molecule has 0 unspecified atom stereocenters. The van der Waals surface area contributed by atoms with Crippen molar-refractivity contribution in [3.8, 4) is 11.4 Å². The highest BCUT2D eigenvalue weighted by Gasteiger charge is 2.13. The van der Waals surface area contributed by atoms with Gasteiger partial charge in [0.1, 0.15) is 11.2 Å². The molecule has 1 amide bonds. The lowest BCUT2D eigenvalue weighted by molar-refractivity contribution is -0.113. The van der Waals surface area contributed by atoms with Gasteiger partial charge in [0, 0.05) is 41.5 Å². The quantitative estimate of drug-likeness (QED) is 0.425. The van der Waals surface area contributed by atoms with E-state index in [9.17, 15) is 4.79 Å². The monoisotopic (exact) mass is 415 g/mol. The summed E-state index contributed by atoms with van der Waals surface area (Å²) in [6.07, 6.45) is 3.43. The van der Waals surface area contributed by atoms with Crippen molar-refractivity contribution < 1.29 is 9.21 Å². The number of carbonyl (C=O) groups is 1. The Balaban J connectivity index is 1.29. The third-order valence-corrected chi connectivity index (χ3v) is 5.79. The zero-order valence-electron chi connectivity index (χ0n) is 16.1. The van der Waals surface area contributed by atoms with Gasteiger partial charge in [-0.25, -0.2) is 0 Å². The molecule has 148 valence electrons. The Morgan fingerprint density at radius 1 is 1.03 bits per heavy atom. The van der Waals surface area contributed by atoms with E-state index >= 15 is 0 Å². The summed E-state index contributed by atoms with van der Waals surface area (Å²) in [4.78, 5) is 16.5. The summed E-state index contributed by atoms with van der Waals surface area (Å²) in [5.74, 6) is 0.852. The van der Waals surface area contributed by atoms with Crippen LogP contribution >= 0.6 is 11.8 Å². The second kappa shape index (κ2) is 7.64. The first-order chi connectivity index (χ1) is 14.7. The lowest BCUT2D eigenvalue weighted by Crippen LogP contribution is -2.14. The van der Waals surface area contributed by atoms with Crippen LogP contribution in [-0.2, 0) is 11.8 Å². The standard InChI is InChI=1S/C22H17N5O2S/c1-27-21(14-8-10-23-11-9-14)25-26-22(27)30-13-20(28)24-15-6-7-19-17(12-15)16-4-2-3-5-18(16)29-19/h2-12H,13H2,1H3,(H,24,28). The molecule has 0 spiro atoms. The first-order valence-electron chi connectivity index (χ1n) is 9.33. The lowest BCUT2D eigenvalue weighted by Gasteiger charge is -2.06. The molecule has 0 radical (unpaired) electrons. The van der Waals surface area contributed by atoms with Gasteiger partial charge in [-0.05, 0) is 36.4 Å². The number of benzene rings is 2. The number of thioether (sulfide) groups is 1. The fraction of sp³-hybridized carbons (Fsp3) is 0.0909. The molecule has 3 aromatic heterocycles. The van der Waals surface area contributed by atoms with Gasteiger partial charge in [-0.1, -0.05) is 30.0 Å². The van der Waals surface area contributed by atoms with Gasteiger partial charge >= 0.3 is 0 Å². The molecule has 0 aliphatic carbocycles. The number of fused-ring (bicyclic) bond motifs is 3. The highest BCUT2D eigenvalue weighted by Crippen LogP contribution is 2.30. The van der Waals surface area contributed by atoms with Crippen LogP contribution in [0.4, 0.5) is 5.69 Å². The van der Waals surface area contributed by atoms with Crippen molar-refractivity contribution in [2.75, 3.05) is 11.1 Å². The third-order valence-electron chi connectivity index (χ3n) is 4.77. The van der Waals surface area contributed by atoms with Crippen LogP contribution in [0.1, 0.15) is 0 Å². The van der Waals surface area contributed by atoms with E-state index in [2.05, 4.69) is 20.5 Å². The number of anilines is 1. The molecule has 0 aliphatic heterocycles. The van der Waals surface area contributed by atoms with Gasteiger partial charge in [-0.2, -0.15) is 0 Å². The van der Waals surface area contributed by atoms with Crippen LogP contribution in [0.25, 0.3) is 33.3 Å². The SMILES string of the molecule is Cn1c(SCC(=O)Nc2ccc3oc4ccccc4c3c2)nnc1-c1ccncc1. The van der Waals surface area contributed by atoms with E-state index in [1.807, 2.05) is 66.2 Å². The number of nitrogens with one attached hydrogen (secondary N) is 1. The number of hydrogen-bond acceptors (Lipinski definition) is 6. The van der Waals surface area contributed by atoms with Crippen molar-refractivity contribution in [2.45, 2.75) is 5.16 Å². The maximum absolute atomic E-state index is 12.5. The number of pyridine rings is 1. The van der Waals surface area contributed by atoms with Crippen molar-refractivity contribution in [3.63, 3.8) is 0 Å². The van der Waals surface area contributed by atoms with Crippen molar-refractivity contribution in [3.05, 3.63) is 67.0 Å². The Kier molecular flexibility index (Phi) is 4.68. The van der Waals surface area contributed by atoms with Crippen molar-refractivity contribution in [1.29, 1.82) is 0 Å². The molecule has 3 heterocycles. The topological polar surface area (TPSA) is 85.8 Å². The van der Waals surface area contributed by atoms with E-state index in [-0.39, 0.29) is 11.7 Å². The minimum Gasteiger partial charge on any atom is -0.456 e. The van der Waals surface area contributed by atoms with E-state index in [1.165, 1.54) is 11.8 Å². The van der Waals surface area contributed by atoms with Crippen molar-refractivity contribution in [2.24, 2.45) is 7.05 Å². The summed E-state index contributed by atoms with van der Waals surface area (Å²) < 4.78 is 7.70. The molecule has 7 nitrogen and oxygen atoms in total. The van der Waals surface area contributed by atoms with Gasteiger partial charge in [-0.3, -0.25) is 9.78 Å². The van der Waals surface area contributed by atoms with Crippen LogP contribution in [0.15, 0.2) is 76.6 Å². The summed E-state index contributed by atoms with van der Waals surface area (Å²) in [6, 6.07) is 17.3. The maximum Gasteiger partial charge on any atom is 0.234 e. The Bertz CT molecular complexity index is 1360. The molecule has 30 heavy (non-hydrogen) atoms. The van der Waals surface area contributed by atoms with Gasteiger partial charge < -0.3 is 14.3 Å². The number of rotatable bonds is 5. The molecule has 0 atom stereocenters. The zero-order valence-corrected chi connectivity index (χ0v) is 16.9. The normalized spacial score (nSPS) is 11.2. The van der Waals surface area contributed by atoms with E-state index in [4.69, 9.17) is 4.42 Å². The molecule has 8 heteroatoms. The number of aromatic nitrogens is 4. The number of carbonyl (C=O) groups excluding carboxylic acids is 1. The Morgan fingerprint density at radius 3 is 2.70 bits per heavy atom. The van der Waals surface area contributed by atoms with Crippen LogP contribution in [0.2, 0.25) is 0 Å². The van der Waals surface area contributed by atoms with Crippen LogP contribution in [0.3, 0.4) is 0 Å². The summed E-state index contributed by atoms with van der Waals surface area (Å²) in [6.45, 7) is 0. The Labute approximate surface area is 176 Å². The molecule has 1 N–H and O–H groups in total. The maximum atomic E-state index is 12.5. The number of amides is 1. The van der Waals surface area contributed by atoms with Crippen LogP contribution in [0.5, 0.6) is 0 Å². The Morgan fingerprint density at radius 2 is 1.83 bits per heavy atom. The smallest absolute Gasteiger partial charge is 0.234 e. The molecule has 0 fully saturated rings. The molecule has 2 aromatic carbocycles. The van der Waals surface area contributed by atoms with E-state index in [0.29, 0.717) is 5.16 Å². The van der Waals surface area contributed by atoms with Crippen LogP contribution in [0, 0.1) is 0 Å². The Hall–Kier alpha value is -3.65. The first kappa shape index (κ1) is 18.4. The molecule has 0 aliphatic rings. The summed E-state index contributed by atoms with van der Waals surface area (Å²) in [5, 5.41) is 14.1. The molecule has 5 rings (SSSR count). The molecule has 0 bridgehead atoms. The number of nitrogens with zero attached hydrogens (tertiary/aromatic N) is 4. The average molecular weight is 415 g/mol. The molecule has 5 aromatic rings. The fourth-order valence-corrected chi connectivity index (χ4v) is 4.03. The lowest BCUT2D eigenvalue weighted by atomic mass is 10.1. The summed E-state index contributed by atoms with van der Waals surface area (Å²) in [5.41, 5.74) is 3.29. The third kappa shape index (κ3) is 3.42. The minimum absolute atomic E-state index is 0.111. The number of hydrogen-bond donors (Lipinski definition) is 1. The second-order valence-corrected chi connectivity index (χ2v) is 7.69. The zero-order chi connectivity index (χ0) is 20.5. The van der Waals surface area contributed by atoms with E-state index in [1.54, 1.807) is 12.4 Å². The second-order valence-electron chi connectivity index (χ2n) is 6.75. The molecular formula is C22H17N5O2S. The highest BCUT2D eigenvalue weighted by atomic mass is 32.2. The fourth-order valence-electron chi connectivity index (χ4n) is 3.32.